The van der Waals surface area contributed by atoms with Gasteiger partial charge in [-0.3, -0.25) is 9.79 Å². The first kappa shape index (κ1) is 19.3. The number of amidine groups is 1. The molecule has 146 valence electrons. The summed E-state index contributed by atoms with van der Waals surface area (Å²) in [6.45, 7) is 0.344. The Morgan fingerprint density at radius 1 is 1.18 bits per heavy atom. The molecule has 2 aliphatic rings. The fraction of sp³-hybridized carbons (Fsp3) is 0.263. The number of hydrogen-bond acceptors (Lipinski definition) is 6. The molecule has 0 radical (unpaired) electrons. The van der Waals surface area contributed by atoms with E-state index >= 15 is 0 Å². The van der Waals surface area contributed by atoms with Crippen molar-refractivity contribution in [3.05, 3.63) is 64.7 Å². The average Bonchev–Trinajstić information content (AvgIpc) is 3.13. The number of halogens is 1. The predicted octanol–water partition coefficient (Wildman–Crippen LogP) is 2.95. The topological polar surface area (TPSA) is 87.6 Å². The number of carbonyl (C=O) groups excluding carboxylic acids is 1. The molecule has 2 aromatic rings. The third-order valence-corrected chi connectivity index (χ3v) is 8.10. The molecule has 4 rings (SSSR count). The van der Waals surface area contributed by atoms with E-state index in [-0.39, 0.29) is 28.7 Å². The quantitative estimate of drug-likeness (QED) is 0.770. The van der Waals surface area contributed by atoms with E-state index in [1.807, 2.05) is 24.3 Å². The molecule has 6 nitrogen and oxygen atoms in total. The van der Waals surface area contributed by atoms with Gasteiger partial charge < -0.3 is 10.6 Å². The summed E-state index contributed by atoms with van der Waals surface area (Å²) in [5.74, 6) is 0.0783. The van der Waals surface area contributed by atoms with E-state index in [4.69, 9.17) is 11.6 Å². The Morgan fingerprint density at radius 2 is 2.00 bits per heavy atom. The molecule has 2 N–H and O–H groups in total. The van der Waals surface area contributed by atoms with Gasteiger partial charge >= 0.3 is 0 Å². The number of nitrogens with one attached hydrogen (secondary N) is 2. The van der Waals surface area contributed by atoms with E-state index in [9.17, 15) is 13.2 Å². The van der Waals surface area contributed by atoms with Gasteiger partial charge in [0.05, 0.1) is 17.5 Å². The Morgan fingerprint density at radius 3 is 2.79 bits per heavy atom. The van der Waals surface area contributed by atoms with Gasteiger partial charge in [0, 0.05) is 28.1 Å². The summed E-state index contributed by atoms with van der Waals surface area (Å²) in [4.78, 5) is 16.9. The molecule has 2 heterocycles. The zero-order valence-corrected chi connectivity index (χ0v) is 17.2. The zero-order valence-electron chi connectivity index (χ0n) is 14.8. The van der Waals surface area contributed by atoms with Crippen molar-refractivity contribution in [3.63, 3.8) is 0 Å². The predicted molar refractivity (Wildman–Crippen MR) is 114 cm³/mol. The number of benzene rings is 2. The van der Waals surface area contributed by atoms with Gasteiger partial charge in [0.25, 0.3) is 5.91 Å². The molecule has 2 aromatic carbocycles. The standard InChI is InChI=1S/C19H18ClN3O3S2/c20-15-7-2-1-4-13(15)9-21-18(24)12-5-3-6-14(8-12)22-19-23-16-10-28(25,26)11-17(16)27-19/h1-8,16-17H,9-11H2,(H,21,24)(H,22,23)/t16-,17-/m0/s1. The smallest absolute Gasteiger partial charge is 0.251 e. The minimum absolute atomic E-state index is 0.0189. The minimum atomic E-state index is -2.97. The van der Waals surface area contributed by atoms with Crippen molar-refractivity contribution in [1.29, 1.82) is 0 Å². The largest absolute Gasteiger partial charge is 0.348 e. The van der Waals surface area contributed by atoms with Crippen LogP contribution in [-0.2, 0) is 16.4 Å². The van der Waals surface area contributed by atoms with Gasteiger partial charge in [-0.2, -0.15) is 0 Å². The van der Waals surface area contributed by atoms with Gasteiger partial charge in [0.15, 0.2) is 15.0 Å². The van der Waals surface area contributed by atoms with E-state index < -0.39 is 9.84 Å². The van der Waals surface area contributed by atoms with Crippen LogP contribution in [0.25, 0.3) is 0 Å². The maximum absolute atomic E-state index is 12.5. The van der Waals surface area contributed by atoms with Crippen molar-refractivity contribution in [1.82, 2.24) is 5.32 Å². The van der Waals surface area contributed by atoms with Gasteiger partial charge in [-0.15, -0.1) is 0 Å². The van der Waals surface area contributed by atoms with Crippen LogP contribution >= 0.6 is 23.4 Å². The number of aliphatic imine (C=N–C) groups is 1. The molecule has 1 saturated heterocycles. The lowest BCUT2D eigenvalue weighted by atomic mass is 10.1. The first-order valence-electron chi connectivity index (χ1n) is 8.73. The Labute approximate surface area is 172 Å². The molecule has 0 aliphatic carbocycles. The summed E-state index contributed by atoms with van der Waals surface area (Å²) in [6, 6.07) is 14.3. The van der Waals surface area contributed by atoms with Gasteiger partial charge in [-0.25, -0.2) is 8.42 Å². The highest BCUT2D eigenvalue weighted by Crippen LogP contribution is 2.34. The molecule has 28 heavy (non-hydrogen) atoms. The van der Waals surface area contributed by atoms with Crippen LogP contribution in [0.5, 0.6) is 0 Å². The molecule has 1 amide bonds. The number of sulfone groups is 1. The van der Waals surface area contributed by atoms with Crippen molar-refractivity contribution >= 4 is 50.0 Å². The number of rotatable bonds is 4. The van der Waals surface area contributed by atoms with Crippen molar-refractivity contribution in [3.8, 4) is 0 Å². The third kappa shape index (κ3) is 4.34. The maximum atomic E-state index is 12.5. The fourth-order valence-corrected chi connectivity index (χ4v) is 7.08. The Bertz CT molecular complexity index is 1060. The van der Waals surface area contributed by atoms with E-state index in [1.54, 1.807) is 24.3 Å². The number of carbonyl (C=O) groups is 1. The van der Waals surface area contributed by atoms with Crippen LogP contribution in [0.1, 0.15) is 15.9 Å². The molecule has 1 fully saturated rings. The molecule has 0 aromatic heterocycles. The maximum Gasteiger partial charge on any atom is 0.251 e. The molecule has 2 aliphatic heterocycles. The average molecular weight is 436 g/mol. The second kappa shape index (κ2) is 7.77. The normalized spacial score (nSPS) is 22.4. The van der Waals surface area contributed by atoms with Gasteiger partial charge in [0.2, 0.25) is 0 Å². The zero-order chi connectivity index (χ0) is 19.7. The lowest BCUT2D eigenvalue weighted by Crippen LogP contribution is -2.23. The van der Waals surface area contributed by atoms with Crippen molar-refractivity contribution in [2.75, 3.05) is 16.8 Å². The SMILES string of the molecule is O=C(NCc1ccccc1Cl)c1cccc(NC2=N[C@H]3CS(=O)(=O)C[C@@H]3S2)c1. The van der Waals surface area contributed by atoms with Crippen LogP contribution in [0.2, 0.25) is 5.02 Å². The van der Waals surface area contributed by atoms with Crippen molar-refractivity contribution in [2.45, 2.75) is 17.8 Å². The molecule has 9 heteroatoms. The second-order valence-corrected chi connectivity index (χ2v) is 10.5. The van der Waals surface area contributed by atoms with Crippen LogP contribution in [0.15, 0.2) is 53.5 Å². The van der Waals surface area contributed by atoms with Crippen LogP contribution < -0.4 is 10.6 Å². The Balaban J connectivity index is 1.39. The number of fused-ring (bicyclic) bond motifs is 1. The van der Waals surface area contributed by atoms with Crippen LogP contribution in [0.3, 0.4) is 0 Å². The molecule has 0 saturated carbocycles. The molecule has 0 spiro atoms. The lowest BCUT2D eigenvalue weighted by Gasteiger charge is -2.10. The second-order valence-electron chi connectivity index (χ2n) is 6.71. The lowest BCUT2D eigenvalue weighted by molar-refractivity contribution is 0.0951. The Hall–Kier alpha value is -2.03. The van der Waals surface area contributed by atoms with E-state index in [1.165, 1.54) is 11.8 Å². The van der Waals surface area contributed by atoms with E-state index in [0.717, 1.165) is 11.3 Å². The summed E-state index contributed by atoms with van der Waals surface area (Å²) in [6.07, 6.45) is 0. The van der Waals surface area contributed by atoms with Gasteiger partial charge in [-0.05, 0) is 29.8 Å². The first-order valence-corrected chi connectivity index (χ1v) is 11.8. The van der Waals surface area contributed by atoms with Crippen molar-refractivity contribution < 1.29 is 13.2 Å². The first-order chi connectivity index (χ1) is 13.4. The fourth-order valence-electron chi connectivity index (χ4n) is 3.20. The number of amides is 1. The highest BCUT2D eigenvalue weighted by Gasteiger charge is 2.42. The molecule has 0 bridgehead atoms. The summed E-state index contributed by atoms with van der Waals surface area (Å²) >= 11 is 7.56. The number of nitrogens with zero attached hydrogens (tertiary/aromatic N) is 1. The summed E-state index contributed by atoms with van der Waals surface area (Å²) in [5, 5.41) is 7.34. The van der Waals surface area contributed by atoms with Gasteiger partial charge in [0.1, 0.15) is 0 Å². The molecular formula is C19H18ClN3O3S2. The molecule has 0 unspecified atom stereocenters. The minimum Gasteiger partial charge on any atom is -0.348 e. The molecule has 2 atom stereocenters. The van der Waals surface area contributed by atoms with Gasteiger partial charge in [-0.1, -0.05) is 47.6 Å². The van der Waals surface area contributed by atoms with E-state index in [0.29, 0.717) is 22.3 Å². The van der Waals surface area contributed by atoms with Crippen LogP contribution in [0.4, 0.5) is 5.69 Å². The van der Waals surface area contributed by atoms with Crippen LogP contribution in [0, 0.1) is 0 Å². The summed E-state index contributed by atoms with van der Waals surface area (Å²) < 4.78 is 23.3. The van der Waals surface area contributed by atoms with Crippen molar-refractivity contribution in [2.24, 2.45) is 4.99 Å². The third-order valence-electron chi connectivity index (χ3n) is 4.59. The van der Waals surface area contributed by atoms with Crippen LogP contribution in [-0.4, -0.2) is 42.3 Å². The number of anilines is 1. The van der Waals surface area contributed by atoms with E-state index in [2.05, 4.69) is 15.6 Å². The highest BCUT2D eigenvalue weighted by atomic mass is 35.5. The number of hydrogen-bond donors (Lipinski definition) is 2. The highest BCUT2D eigenvalue weighted by molar-refractivity contribution is 8.15. The number of thioether (sulfide) groups is 1. The summed E-state index contributed by atoms with van der Waals surface area (Å²) in [7, 11) is -2.97. The Kier molecular flexibility index (Phi) is 5.35. The summed E-state index contributed by atoms with van der Waals surface area (Å²) in [5.41, 5.74) is 2.10. The monoisotopic (exact) mass is 435 g/mol. The molecular weight excluding hydrogens is 418 g/mol.